The van der Waals surface area contributed by atoms with Crippen molar-refractivity contribution in [3.05, 3.63) is 53.1 Å². The second-order valence-electron chi connectivity index (χ2n) is 8.58. The molecule has 1 aliphatic rings. The van der Waals surface area contributed by atoms with Crippen LogP contribution in [0, 0.1) is 23.4 Å². The van der Waals surface area contributed by atoms with Gasteiger partial charge in [-0.3, -0.25) is 9.78 Å². The fourth-order valence-electron chi connectivity index (χ4n) is 4.26. The Kier molecular flexibility index (Phi) is 7.86. The number of methoxy groups -OCH3 is 2. The lowest BCUT2D eigenvalue weighted by molar-refractivity contribution is -0.272. The Morgan fingerprint density at radius 2 is 1.92 bits per heavy atom. The molecule has 0 spiro atoms. The fraction of sp³-hybridized carbons (Fsp3) is 0.478. The Bertz CT molecular complexity index is 1130. The van der Waals surface area contributed by atoms with Crippen LogP contribution >= 0.6 is 0 Å². The van der Waals surface area contributed by atoms with Gasteiger partial charge in [0.15, 0.2) is 23.0 Å². The van der Waals surface area contributed by atoms with E-state index in [2.05, 4.69) is 10.3 Å². The molecule has 0 radical (unpaired) electrons. The first-order valence-corrected chi connectivity index (χ1v) is 10.7. The van der Waals surface area contributed by atoms with E-state index in [-0.39, 0.29) is 17.9 Å². The normalized spacial score (nSPS) is 25.0. The fourth-order valence-corrected chi connectivity index (χ4v) is 4.26. The molecular weight excluding hydrogens is 496 g/mol. The molecule has 1 aliphatic heterocycles. The number of aromatic nitrogens is 1. The number of halogens is 6. The van der Waals surface area contributed by atoms with E-state index in [1.54, 1.807) is 0 Å². The van der Waals surface area contributed by atoms with Crippen molar-refractivity contribution in [3.63, 3.8) is 0 Å². The maximum atomic E-state index is 14.4. The molecule has 13 heteroatoms. The molecule has 3 N–H and O–H groups in total. The van der Waals surface area contributed by atoms with Gasteiger partial charge in [0.2, 0.25) is 5.82 Å². The topological polar surface area (TPSA) is 95.7 Å². The number of nitrogens with one attached hydrogen (secondary N) is 1. The van der Waals surface area contributed by atoms with Crippen LogP contribution in [0.2, 0.25) is 0 Å². The summed E-state index contributed by atoms with van der Waals surface area (Å²) in [6.07, 6.45) is -6.03. The second kappa shape index (κ2) is 10.2. The maximum absolute atomic E-state index is 14.4. The summed E-state index contributed by atoms with van der Waals surface area (Å²) in [4.78, 5) is 17.0. The van der Waals surface area contributed by atoms with Crippen LogP contribution in [-0.4, -0.2) is 49.6 Å². The molecule has 1 saturated heterocycles. The van der Waals surface area contributed by atoms with Crippen LogP contribution < -0.4 is 15.8 Å². The van der Waals surface area contributed by atoms with Crippen molar-refractivity contribution in [1.29, 1.82) is 0 Å². The van der Waals surface area contributed by atoms with Crippen LogP contribution in [0.3, 0.4) is 0 Å². The number of rotatable bonds is 7. The van der Waals surface area contributed by atoms with Crippen molar-refractivity contribution in [2.24, 2.45) is 11.7 Å². The number of nitrogens with zero attached hydrogens (tertiary/aromatic N) is 1. The van der Waals surface area contributed by atoms with Crippen molar-refractivity contribution in [2.45, 2.75) is 43.7 Å². The van der Waals surface area contributed by atoms with Gasteiger partial charge >= 0.3 is 6.18 Å². The Labute approximate surface area is 202 Å². The SMILES string of the molecule is COC[C@H](N)c1cc(NC(=O)[C@@H]2O[C@@](C)(C(F)(F)F)[C@@H](C)[C@H]2c2ccc(F)c(F)c2OC)c(F)cn1. The molecule has 5 atom stereocenters. The van der Waals surface area contributed by atoms with E-state index in [1.165, 1.54) is 14.0 Å². The predicted molar refractivity (Wildman–Crippen MR) is 116 cm³/mol. The first-order valence-electron chi connectivity index (χ1n) is 10.7. The lowest BCUT2D eigenvalue weighted by atomic mass is 9.77. The lowest BCUT2D eigenvalue weighted by Gasteiger charge is -2.32. The lowest BCUT2D eigenvalue weighted by Crippen LogP contribution is -2.47. The average molecular weight is 521 g/mol. The molecule has 198 valence electrons. The third-order valence-corrected chi connectivity index (χ3v) is 6.43. The number of ether oxygens (including phenoxy) is 3. The summed E-state index contributed by atoms with van der Waals surface area (Å²) in [5, 5.41) is 2.21. The zero-order valence-corrected chi connectivity index (χ0v) is 19.8. The first-order chi connectivity index (χ1) is 16.8. The molecule has 1 aromatic carbocycles. The van der Waals surface area contributed by atoms with Gasteiger partial charge < -0.3 is 25.3 Å². The summed E-state index contributed by atoms with van der Waals surface area (Å²) in [5.74, 6) is -8.42. The number of anilines is 1. The van der Waals surface area contributed by atoms with Crippen LogP contribution in [0.25, 0.3) is 0 Å². The van der Waals surface area contributed by atoms with Crippen molar-refractivity contribution in [1.82, 2.24) is 4.98 Å². The monoisotopic (exact) mass is 521 g/mol. The molecule has 1 fully saturated rings. The highest BCUT2D eigenvalue weighted by Crippen LogP contribution is 2.55. The zero-order valence-electron chi connectivity index (χ0n) is 19.8. The number of amides is 1. The van der Waals surface area contributed by atoms with Gasteiger partial charge in [0.05, 0.1) is 37.3 Å². The Balaban J connectivity index is 2.06. The number of benzene rings is 1. The molecule has 2 heterocycles. The summed E-state index contributed by atoms with van der Waals surface area (Å²) in [7, 11) is 2.39. The number of alkyl halides is 3. The van der Waals surface area contributed by atoms with E-state index in [9.17, 15) is 31.1 Å². The third kappa shape index (κ3) is 4.87. The van der Waals surface area contributed by atoms with E-state index in [1.807, 2.05) is 0 Å². The number of carbonyl (C=O) groups excluding carboxylic acids is 1. The highest BCUT2D eigenvalue weighted by Gasteiger charge is 2.66. The van der Waals surface area contributed by atoms with Gasteiger partial charge in [-0.15, -0.1) is 0 Å². The molecule has 0 saturated carbocycles. The molecular formula is C23H25F6N3O4. The minimum atomic E-state index is -4.94. The minimum Gasteiger partial charge on any atom is -0.493 e. The smallest absolute Gasteiger partial charge is 0.417 e. The minimum absolute atomic E-state index is 0.0250. The summed E-state index contributed by atoms with van der Waals surface area (Å²) >= 11 is 0. The van der Waals surface area contributed by atoms with Gasteiger partial charge in [0, 0.05) is 24.5 Å². The molecule has 0 aliphatic carbocycles. The maximum Gasteiger partial charge on any atom is 0.417 e. The largest absolute Gasteiger partial charge is 0.493 e. The third-order valence-electron chi connectivity index (χ3n) is 6.43. The molecule has 1 aromatic heterocycles. The molecule has 3 rings (SSSR count). The molecule has 7 nitrogen and oxygen atoms in total. The highest BCUT2D eigenvalue weighted by atomic mass is 19.4. The molecule has 2 aromatic rings. The molecule has 36 heavy (non-hydrogen) atoms. The van der Waals surface area contributed by atoms with E-state index in [0.717, 1.165) is 32.4 Å². The number of nitrogens with two attached hydrogens (primary N) is 1. The average Bonchev–Trinajstić information content (AvgIpc) is 3.09. The summed E-state index contributed by atoms with van der Waals surface area (Å²) in [6, 6.07) is 2.08. The van der Waals surface area contributed by atoms with E-state index in [4.69, 9.17) is 19.9 Å². The number of pyridine rings is 1. The van der Waals surface area contributed by atoms with Crippen molar-refractivity contribution >= 4 is 11.6 Å². The Morgan fingerprint density at radius 1 is 1.25 bits per heavy atom. The Morgan fingerprint density at radius 3 is 2.50 bits per heavy atom. The number of hydrogen-bond donors (Lipinski definition) is 2. The van der Waals surface area contributed by atoms with Gasteiger partial charge in [-0.2, -0.15) is 17.6 Å². The first kappa shape index (κ1) is 27.7. The standard InChI is InChI=1S/C23H25F6N3O4/c1-10-17(11-5-6-12(24)18(26)19(11)35-4)20(36-22(10,2)23(27,28)29)21(33)32-15-7-16(14(30)9-34-3)31-8-13(15)25/h5-8,10,14,17,20H,9,30H2,1-4H3,(H,31,32,33)/t10-,14-,17-,20+,22+/m0/s1. The molecule has 0 unspecified atom stereocenters. The van der Waals surface area contributed by atoms with Crippen molar-refractivity contribution in [2.75, 3.05) is 26.1 Å². The number of carbonyl (C=O) groups is 1. The summed E-state index contributed by atoms with van der Waals surface area (Å²) in [5.41, 5.74) is 2.56. The predicted octanol–water partition coefficient (Wildman–Crippen LogP) is 4.23. The van der Waals surface area contributed by atoms with Crippen LogP contribution in [0.15, 0.2) is 24.4 Å². The van der Waals surface area contributed by atoms with Gasteiger partial charge in [-0.05, 0) is 19.1 Å². The zero-order chi connectivity index (χ0) is 27.0. The number of hydrogen-bond acceptors (Lipinski definition) is 6. The highest BCUT2D eigenvalue weighted by molar-refractivity contribution is 5.95. The van der Waals surface area contributed by atoms with Gasteiger partial charge in [-0.25, -0.2) is 8.78 Å². The van der Waals surface area contributed by atoms with Crippen molar-refractivity contribution in [3.8, 4) is 5.75 Å². The molecule has 1 amide bonds. The van der Waals surface area contributed by atoms with Crippen molar-refractivity contribution < 1.29 is 45.3 Å². The van der Waals surface area contributed by atoms with E-state index >= 15 is 0 Å². The van der Waals surface area contributed by atoms with Crippen LogP contribution in [0.5, 0.6) is 5.75 Å². The van der Waals surface area contributed by atoms with Gasteiger partial charge in [0.1, 0.15) is 6.10 Å². The van der Waals surface area contributed by atoms with Gasteiger partial charge in [0.25, 0.3) is 5.91 Å². The second-order valence-corrected chi connectivity index (χ2v) is 8.58. The summed E-state index contributed by atoms with van der Waals surface area (Å²) in [6.45, 7) is 1.94. The summed E-state index contributed by atoms with van der Waals surface area (Å²) < 4.78 is 99.9. The molecule has 0 bridgehead atoms. The van der Waals surface area contributed by atoms with Crippen LogP contribution in [0.4, 0.5) is 32.0 Å². The van der Waals surface area contributed by atoms with E-state index < -0.39 is 70.6 Å². The van der Waals surface area contributed by atoms with Crippen LogP contribution in [0.1, 0.15) is 37.1 Å². The Hall–Kier alpha value is -2.90. The van der Waals surface area contributed by atoms with E-state index in [0.29, 0.717) is 6.07 Å². The van der Waals surface area contributed by atoms with Gasteiger partial charge in [-0.1, -0.05) is 13.0 Å². The quantitative estimate of drug-likeness (QED) is 0.530. The van der Waals surface area contributed by atoms with Crippen LogP contribution in [-0.2, 0) is 14.3 Å².